The van der Waals surface area contributed by atoms with Crippen molar-refractivity contribution in [2.24, 2.45) is 0 Å². The molecule has 2 N–H and O–H groups in total. The lowest BCUT2D eigenvalue weighted by Gasteiger charge is -2.41. The van der Waals surface area contributed by atoms with Crippen LogP contribution in [-0.2, 0) is 27.6 Å². The van der Waals surface area contributed by atoms with Crippen LogP contribution in [0.3, 0.4) is 0 Å². The number of hydrogen-bond acceptors (Lipinski definition) is 8. The van der Waals surface area contributed by atoms with E-state index in [-0.39, 0.29) is 35.6 Å². The number of nitrogens with one attached hydrogen (secondary N) is 2. The smallest absolute Gasteiger partial charge is 0.348 e. The molecule has 2 amide bonds. The molecule has 2 aromatic heterocycles. The summed E-state index contributed by atoms with van der Waals surface area (Å²) in [6, 6.07) is 20.3. The van der Waals surface area contributed by atoms with Crippen LogP contribution in [0.5, 0.6) is 0 Å². The Morgan fingerprint density at radius 3 is 2.58 bits per heavy atom. The summed E-state index contributed by atoms with van der Waals surface area (Å²) < 4.78 is 34.5. The minimum atomic E-state index is -4.51. The third kappa shape index (κ3) is 6.09. The maximum Gasteiger partial charge on any atom is 0.348 e. The van der Waals surface area contributed by atoms with Gasteiger partial charge in [-0.2, -0.15) is 0 Å². The van der Waals surface area contributed by atoms with Crippen LogP contribution in [0.1, 0.15) is 47.9 Å². The second-order valence-corrected chi connectivity index (χ2v) is 12.7. The van der Waals surface area contributed by atoms with Crippen molar-refractivity contribution >= 4 is 32.6 Å². The number of carbonyl (C=O) groups excluding carboxylic acids is 2. The van der Waals surface area contributed by atoms with Crippen LogP contribution in [0.4, 0.5) is 0 Å². The molecule has 10 nitrogen and oxygen atoms in total. The molecule has 0 bridgehead atoms. The zero-order chi connectivity index (χ0) is 30.5. The number of fused-ring (bicyclic) bond motifs is 1. The lowest BCUT2D eigenvalue weighted by Crippen LogP contribution is -2.71. The number of pyridine rings is 1. The highest BCUT2D eigenvalue weighted by molar-refractivity contribution is 7.93. The van der Waals surface area contributed by atoms with Gasteiger partial charge in [-0.15, -0.1) is 0 Å². The number of rotatable bonds is 10. The van der Waals surface area contributed by atoms with Gasteiger partial charge in [0.05, 0.1) is 17.0 Å². The summed E-state index contributed by atoms with van der Waals surface area (Å²) in [4.78, 5) is 43.6. The van der Waals surface area contributed by atoms with E-state index in [4.69, 9.17) is 4.42 Å². The number of benzene rings is 2. The molecule has 1 saturated heterocycles. The largest absolute Gasteiger partial charge is 0.427 e. The van der Waals surface area contributed by atoms with E-state index in [0.29, 0.717) is 17.6 Å². The number of amides is 2. The summed E-state index contributed by atoms with van der Waals surface area (Å²) in [6.07, 6.45) is 4.92. The van der Waals surface area contributed by atoms with Gasteiger partial charge >= 0.3 is 5.63 Å². The number of aryl methyl sites for hydroxylation is 1. The number of piperazine rings is 1. The fourth-order valence-corrected chi connectivity index (χ4v) is 7.28. The monoisotopic (exact) mass is 602 g/mol. The van der Waals surface area contributed by atoms with Gasteiger partial charge in [-0.1, -0.05) is 68.3 Å². The Hall–Kier alpha value is -4.35. The molecule has 3 heterocycles. The van der Waals surface area contributed by atoms with Crippen molar-refractivity contribution in [1.29, 1.82) is 0 Å². The maximum absolute atomic E-state index is 14.5. The second kappa shape index (κ2) is 12.9. The molecular weight excluding hydrogens is 568 g/mol. The standard InChI is InChI=1S/C32H34N4O6S/c1-2-3-5-14-25-16-17-26(30(38)42-25)29(37)36-20-19-35-32(22-36,31(39)34-21-23-10-6-4-7-11-23)43(40,41)27-15-8-12-24-13-9-18-33-28(24)27/h4,6-13,15-18,35H,2-3,5,14,19-22H2,1H3,(H,34,39). The molecule has 1 aliphatic rings. The van der Waals surface area contributed by atoms with Gasteiger partial charge in [0.1, 0.15) is 11.3 Å². The SMILES string of the molecule is CCCCCc1ccc(C(=O)N2CCNC(C(=O)NCc3ccccc3)(S(=O)(=O)c3cccc4cccnc34)C2)c(=O)o1. The van der Waals surface area contributed by atoms with E-state index < -0.39 is 38.7 Å². The summed E-state index contributed by atoms with van der Waals surface area (Å²) in [5.41, 5.74) is -0.0258. The quantitative estimate of drug-likeness (QED) is 0.263. The van der Waals surface area contributed by atoms with Gasteiger partial charge in [0.25, 0.3) is 11.8 Å². The van der Waals surface area contributed by atoms with Crippen molar-refractivity contribution in [2.45, 2.75) is 48.9 Å². The van der Waals surface area contributed by atoms with Crippen LogP contribution in [0.15, 0.2) is 93.1 Å². The van der Waals surface area contributed by atoms with Gasteiger partial charge in [-0.25, -0.2) is 13.2 Å². The third-order valence-electron chi connectivity index (χ3n) is 7.64. The molecule has 5 rings (SSSR count). The van der Waals surface area contributed by atoms with Crippen LogP contribution in [0, 0.1) is 0 Å². The molecule has 224 valence electrons. The lowest BCUT2D eigenvalue weighted by atomic mass is 10.1. The number of aromatic nitrogens is 1. The van der Waals surface area contributed by atoms with E-state index in [9.17, 15) is 22.8 Å². The van der Waals surface area contributed by atoms with E-state index in [1.54, 1.807) is 30.3 Å². The first kappa shape index (κ1) is 30.1. The normalized spacial score (nSPS) is 17.1. The first-order valence-corrected chi connectivity index (χ1v) is 15.8. The molecule has 1 fully saturated rings. The number of unbranched alkanes of at least 4 members (excludes halogenated alkanes) is 2. The van der Waals surface area contributed by atoms with Crippen LogP contribution in [0.2, 0.25) is 0 Å². The Bertz CT molecular complexity index is 1790. The number of nitrogens with zero attached hydrogens (tertiary/aromatic N) is 2. The molecular formula is C32H34N4O6S. The molecule has 2 aromatic carbocycles. The fraction of sp³-hybridized carbons (Fsp3) is 0.312. The molecule has 4 aromatic rings. The fourth-order valence-electron chi connectivity index (χ4n) is 5.29. The predicted molar refractivity (Wildman–Crippen MR) is 162 cm³/mol. The van der Waals surface area contributed by atoms with Gasteiger partial charge in [-0.05, 0) is 36.2 Å². The summed E-state index contributed by atoms with van der Waals surface area (Å²) in [6.45, 7) is 1.68. The van der Waals surface area contributed by atoms with Gasteiger partial charge in [0, 0.05) is 37.6 Å². The van der Waals surface area contributed by atoms with E-state index in [2.05, 4.69) is 22.5 Å². The highest BCUT2D eigenvalue weighted by atomic mass is 32.2. The molecule has 0 aliphatic carbocycles. The number of carbonyl (C=O) groups is 2. The average Bonchev–Trinajstić information content (AvgIpc) is 3.03. The van der Waals surface area contributed by atoms with Gasteiger partial charge in [0.15, 0.2) is 0 Å². The molecule has 1 aliphatic heterocycles. The number of para-hydroxylation sites is 1. The van der Waals surface area contributed by atoms with Crippen LogP contribution in [0.25, 0.3) is 10.9 Å². The van der Waals surface area contributed by atoms with Crippen LogP contribution >= 0.6 is 0 Å². The van der Waals surface area contributed by atoms with Crippen LogP contribution < -0.4 is 16.3 Å². The summed E-state index contributed by atoms with van der Waals surface area (Å²) >= 11 is 0. The molecule has 0 saturated carbocycles. The van der Waals surface area contributed by atoms with Gasteiger partial charge in [-0.3, -0.25) is 19.9 Å². The van der Waals surface area contributed by atoms with Gasteiger partial charge in [0.2, 0.25) is 14.7 Å². The van der Waals surface area contributed by atoms with Crippen molar-refractivity contribution in [2.75, 3.05) is 19.6 Å². The molecule has 11 heteroatoms. The summed E-state index contributed by atoms with van der Waals surface area (Å²) in [5.74, 6) is -1.04. The first-order valence-electron chi connectivity index (χ1n) is 14.3. The minimum absolute atomic E-state index is 0.0116. The first-order chi connectivity index (χ1) is 20.8. The topological polar surface area (TPSA) is 139 Å². The molecule has 0 spiro atoms. The van der Waals surface area contributed by atoms with Crippen molar-refractivity contribution < 1.29 is 22.4 Å². The molecule has 0 radical (unpaired) electrons. The van der Waals surface area contributed by atoms with Crippen molar-refractivity contribution in [1.82, 2.24) is 20.5 Å². The Kier molecular flexibility index (Phi) is 9.02. The molecule has 1 atom stereocenters. The molecule has 1 unspecified atom stereocenters. The number of sulfone groups is 1. The molecule has 43 heavy (non-hydrogen) atoms. The summed E-state index contributed by atoms with van der Waals surface area (Å²) in [7, 11) is -4.51. The minimum Gasteiger partial charge on any atom is -0.427 e. The highest BCUT2D eigenvalue weighted by Crippen LogP contribution is 2.32. The third-order valence-corrected chi connectivity index (χ3v) is 9.92. The van der Waals surface area contributed by atoms with Crippen molar-refractivity contribution in [3.8, 4) is 0 Å². The Morgan fingerprint density at radius 2 is 1.81 bits per heavy atom. The van der Waals surface area contributed by atoms with Gasteiger partial charge < -0.3 is 14.6 Å². The Balaban J connectivity index is 1.51. The average molecular weight is 603 g/mol. The zero-order valence-electron chi connectivity index (χ0n) is 23.9. The van der Waals surface area contributed by atoms with Crippen LogP contribution in [-0.4, -0.2) is 54.6 Å². The number of hydrogen-bond donors (Lipinski definition) is 2. The van der Waals surface area contributed by atoms with E-state index in [0.717, 1.165) is 24.8 Å². The van der Waals surface area contributed by atoms with E-state index in [1.807, 2.05) is 30.3 Å². The predicted octanol–water partition coefficient (Wildman–Crippen LogP) is 3.45. The highest BCUT2D eigenvalue weighted by Gasteiger charge is 2.55. The zero-order valence-corrected chi connectivity index (χ0v) is 24.7. The van der Waals surface area contributed by atoms with Crippen molar-refractivity contribution in [3.05, 3.63) is 106 Å². The Morgan fingerprint density at radius 1 is 1.02 bits per heavy atom. The lowest BCUT2D eigenvalue weighted by molar-refractivity contribution is -0.125. The Labute approximate surface area is 250 Å². The second-order valence-electron chi connectivity index (χ2n) is 10.5. The van der Waals surface area contributed by atoms with E-state index >= 15 is 0 Å². The van der Waals surface area contributed by atoms with Crippen molar-refractivity contribution in [3.63, 3.8) is 0 Å². The summed E-state index contributed by atoms with van der Waals surface area (Å²) in [5, 5.41) is 6.28. The maximum atomic E-state index is 14.5. The van der Waals surface area contributed by atoms with E-state index in [1.165, 1.54) is 23.2 Å².